The van der Waals surface area contributed by atoms with Crippen molar-refractivity contribution >= 4 is 35.1 Å². The third kappa shape index (κ3) is 4.99. The Morgan fingerprint density at radius 3 is 2.44 bits per heavy atom. The van der Waals surface area contributed by atoms with Gasteiger partial charge in [0, 0.05) is 20.3 Å². The zero-order chi connectivity index (χ0) is 18.6. The van der Waals surface area contributed by atoms with Crippen LogP contribution in [0.15, 0.2) is 47.6 Å². The van der Waals surface area contributed by atoms with Gasteiger partial charge >= 0.3 is 6.18 Å². The van der Waals surface area contributed by atoms with Gasteiger partial charge in [-0.3, -0.25) is 4.98 Å². The molecule has 0 aliphatic rings. The molecule has 1 aromatic heterocycles. The van der Waals surface area contributed by atoms with Crippen molar-refractivity contribution in [2.45, 2.75) is 12.1 Å². The van der Waals surface area contributed by atoms with E-state index < -0.39 is 17.7 Å². The van der Waals surface area contributed by atoms with E-state index >= 15 is 0 Å². The standard InChI is InChI=1S/C17H15ClF3N3S/c1-24(2)10-23-16(25)14(11-6-4-3-5-7-11)15-13(18)8-12(9-22-15)17(19,20)21/h3-10,14H,1-2H3/t14-/m1/s1. The Morgan fingerprint density at radius 1 is 1.28 bits per heavy atom. The van der Waals surface area contributed by atoms with Gasteiger partial charge in [0.05, 0.1) is 28.5 Å². The zero-order valence-corrected chi connectivity index (χ0v) is 15.0. The summed E-state index contributed by atoms with van der Waals surface area (Å²) in [6.07, 6.45) is -2.23. The number of thiocarbonyl (C=S) groups is 1. The Balaban J connectivity index is 2.51. The Labute approximate surface area is 154 Å². The highest BCUT2D eigenvalue weighted by Crippen LogP contribution is 2.35. The minimum absolute atomic E-state index is 0.105. The van der Waals surface area contributed by atoms with Crippen molar-refractivity contribution in [3.8, 4) is 0 Å². The van der Waals surface area contributed by atoms with Crippen molar-refractivity contribution in [3.05, 3.63) is 64.4 Å². The second kappa shape index (κ2) is 7.93. The highest BCUT2D eigenvalue weighted by molar-refractivity contribution is 7.80. The second-order valence-corrected chi connectivity index (χ2v) is 6.30. The second-order valence-electron chi connectivity index (χ2n) is 5.48. The molecule has 0 spiro atoms. The molecule has 8 heteroatoms. The van der Waals surface area contributed by atoms with Crippen LogP contribution >= 0.6 is 23.8 Å². The Hall–Kier alpha value is -1.99. The average molecular weight is 386 g/mol. The molecule has 0 bridgehead atoms. The summed E-state index contributed by atoms with van der Waals surface area (Å²) in [4.78, 5) is 10.1. The lowest BCUT2D eigenvalue weighted by Crippen LogP contribution is -2.16. The minimum atomic E-state index is -4.51. The van der Waals surface area contributed by atoms with Crippen LogP contribution in [-0.4, -0.2) is 35.3 Å². The van der Waals surface area contributed by atoms with Gasteiger partial charge in [-0.1, -0.05) is 54.2 Å². The molecule has 25 heavy (non-hydrogen) atoms. The lowest BCUT2D eigenvalue weighted by atomic mass is 9.94. The number of nitrogens with zero attached hydrogens (tertiary/aromatic N) is 3. The third-order valence-corrected chi connectivity index (χ3v) is 3.91. The SMILES string of the molecule is CN(C)C=NC(=S)[C@H](c1ccccc1)c1ncc(C(F)(F)F)cc1Cl. The molecule has 0 aliphatic heterocycles. The van der Waals surface area contributed by atoms with Crippen LogP contribution in [0.4, 0.5) is 13.2 Å². The smallest absolute Gasteiger partial charge is 0.369 e. The predicted octanol–water partition coefficient (Wildman–Crippen LogP) is 4.80. The normalized spacial score (nSPS) is 13.0. The first-order chi connectivity index (χ1) is 11.7. The van der Waals surface area contributed by atoms with E-state index in [1.807, 2.05) is 6.07 Å². The van der Waals surface area contributed by atoms with Crippen molar-refractivity contribution in [1.29, 1.82) is 0 Å². The van der Waals surface area contributed by atoms with E-state index in [1.54, 1.807) is 43.3 Å². The van der Waals surface area contributed by atoms with E-state index in [0.717, 1.165) is 17.8 Å². The first kappa shape index (κ1) is 19.3. The molecule has 0 aliphatic carbocycles. The van der Waals surface area contributed by atoms with E-state index in [9.17, 15) is 13.2 Å². The van der Waals surface area contributed by atoms with Crippen LogP contribution in [0.5, 0.6) is 0 Å². The van der Waals surface area contributed by atoms with E-state index in [-0.39, 0.29) is 15.7 Å². The number of pyridine rings is 1. The Bertz CT molecular complexity index is 776. The first-order valence-corrected chi connectivity index (χ1v) is 8.01. The van der Waals surface area contributed by atoms with E-state index in [1.165, 1.54) is 6.34 Å². The van der Waals surface area contributed by atoms with Crippen molar-refractivity contribution in [1.82, 2.24) is 9.88 Å². The third-order valence-electron chi connectivity index (χ3n) is 3.27. The zero-order valence-electron chi connectivity index (χ0n) is 13.5. The van der Waals surface area contributed by atoms with Crippen molar-refractivity contribution in [2.24, 2.45) is 4.99 Å². The molecule has 0 saturated carbocycles. The van der Waals surface area contributed by atoms with Crippen molar-refractivity contribution in [2.75, 3.05) is 14.1 Å². The van der Waals surface area contributed by atoms with Gasteiger partial charge in [-0.25, -0.2) is 4.99 Å². The average Bonchev–Trinajstić information content (AvgIpc) is 2.54. The van der Waals surface area contributed by atoms with E-state index in [2.05, 4.69) is 9.98 Å². The molecule has 0 N–H and O–H groups in total. The molecule has 3 nitrogen and oxygen atoms in total. The van der Waals surface area contributed by atoms with Crippen LogP contribution in [0.2, 0.25) is 5.02 Å². The van der Waals surface area contributed by atoms with Crippen molar-refractivity contribution in [3.63, 3.8) is 0 Å². The molecule has 132 valence electrons. The fraction of sp³-hybridized carbons (Fsp3) is 0.235. The summed E-state index contributed by atoms with van der Waals surface area (Å²) in [5.41, 5.74) is 0.0788. The monoisotopic (exact) mass is 385 g/mol. The molecule has 2 rings (SSSR count). The van der Waals surface area contributed by atoms with Crippen LogP contribution in [0.1, 0.15) is 22.7 Å². The predicted molar refractivity (Wildman–Crippen MR) is 97.3 cm³/mol. The summed E-state index contributed by atoms with van der Waals surface area (Å²) in [5, 5.41) is -0.105. The van der Waals surface area contributed by atoms with Crippen LogP contribution in [0.3, 0.4) is 0 Å². The minimum Gasteiger partial charge on any atom is -0.369 e. The Morgan fingerprint density at radius 2 is 1.92 bits per heavy atom. The summed E-state index contributed by atoms with van der Waals surface area (Å²) < 4.78 is 38.5. The van der Waals surface area contributed by atoms with Crippen LogP contribution in [0.25, 0.3) is 0 Å². The first-order valence-electron chi connectivity index (χ1n) is 7.22. The van der Waals surface area contributed by atoms with Gasteiger partial charge in [0.1, 0.15) is 4.99 Å². The molecule has 0 fully saturated rings. The number of rotatable bonds is 4. The molecule has 1 heterocycles. The van der Waals surface area contributed by atoms with Gasteiger partial charge in [-0.2, -0.15) is 13.2 Å². The summed E-state index contributed by atoms with van der Waals surface area (Å²) in [6, 6.07) is 9.90. The van der Waals surface area contributed by atoms with Crippen molar-refractivity contribution < 1.29 is 13.2 Å². The number of aliphatic imine (C=N–C) groups is 1. The fourth-order valence-electron chi connectivity index (χ4n) is 2.13. The molecule has 1 aromatic carbocycles. The fourth-order valence-corrected chi connectivity index (χ4v) is 2.70. The molecular weight excluding hydrogens is 371 g/mol. The topological polar surface area (TPSA) is 28.5 Å². The summed E-state index contributed by atoms with van der Waals surface area (Å²) >= 11 is 11.5. The molecular formula is C17H15ClF3N3S. The maximum Gasteiger partial charge on any atom is 0.417 e. The molecule has 0 unspecified atom stereocenters. The number of hydrogen-bond acceptors (Lipinski definition) is 2. The van der Waals surface area contributed by atoms with E-state index in [4.69, 9.17) is 23.8 Å². The Kier molecular flexibility index (Phi) is 6.13. The lowest BCUT2D eigenvalue weighted by Gasteiger charge is -2.18. The number of benzene rings is 1. The lowest BCUT2D eigenvalue weighted by molar-refractivity contribution is -0.137. The summed E-state index contributed by atoms with van der Waals surface area (Å²) in [7, 11) is 3.57. The van der Waals surface area contributed by atoms with Gasteiger partial charge in [-0.05, 0) is 11.6 Å². The van der Waals surface area contributed by atoms with Gasteiger partial charge in [0.2, 0.25) is 0 Å². The summed E-state index contributed by atoms with van der Waals surface area (Å²) in [5.74, 6) is -0.623. The number of alkyl halides is 3. The van der Waals surface area contributed by atoms with Crippen LogP contribution in [-0.2, 0) is 6.18 Å². The van der Waals surface area contributed by atoms with Gasteiger partial charge in [0.25, 0.3) is 0 Å². The number of aromatic nitrogens is 1. The van der Waals surface area contributed by atoms with Crippen LogP contribution < -0.4 is 0 Å². The molecule has 0 amide bonds. The quantitative estimate of drug-likeness (QED) is 0.430. The highest BCUT2D eigenvalue weighted by Gasteiger charge is 2.33. The van der Waals surface area contributed by atoms with Gasteiger partial charge < -0.3 is 4.90 Å². The maximum atomic E-state index is 12.8. The molecule has 0 saturated heterocycles. The van der Waals surface area contributed by atoms with E-state index in [0.29, 0.717) is 0 Å². The highest BCUT2D eigenvalue weighted by atomic mass is 35.5. The van der Waals surface area contributed by atoms with Crippen LogP contribution in [0, 0.1) is 0 Å². The van der Waals surface area contributed by atoms with Gasteiger partial charge in [0.15, 0.2) is 0 Å². The largest absolute Gasteiger partial charge is 0.417 e. The number of halogens is 4. The molecule has 0 radical (unpaired) electrons. The summed E-state index contributed by atoms with van der Waals surface area (Å²) in [6.45, 7) is 0. The molecule has 1 atom stereocenters. The number of hydrogen-bond donors (Lipinski definition) is 0. The van der Waals surface area contributed by atoms with Gasteiger partial charge in [-0.15, -0.1) is 0 Å². The maximum absolute atomic E-state index is 12.8. The molecule has 2 aromatic rings.